The van der Waals surface area contributed by atoms with Crippen LogP contribution in [0.4, 0.5) is 17.1 Å². The van der Waals surface area contributed by atoms with Crippen molar-refractivity contribution in [3.63, 3.8) is 0 Å². The quantitative estimate of drug-likeness (QED) is 0.158. The Balaban J connectivity index is 1.11. The minimum atomic E-state index is 1.09. The highest BCUT2D eigenvalue weighted by Gasteiger charge is 2.21. The molecule has 0 saturated carbocycles. The number of aromatic nitrogens is 1. The van der Waals surface area contributed by atoms with Crippen LogP contribution >= 0.6 is 0 Å². The van der Waals surface area contributed by atoms with Crippen molar-refractivity contribution < 1.29 is 0 Å². The van der Waals surface area contributed by atoms with Gasteiger partial charge in [-0.25, -0.2) is 0 Å². The van der Waals surface area contributed by atoms with Crippen LogP contribution < -0.4 is 4.90 Å². The number of para-hydroxylation sites is 2. The molecule has 0 aliphatic heterocycles. The first-order valence-electron chi connectivity index (χ1n) is 19.9. The van der Waals surface area contributed by atoms with Gasteiger partial charge >= 0.3 is 0 Å². The van der Waals surface area contributed by atoms with E-state index in [1.807, 2.05) is 0 Å². The number of fused-ring (bicyclic) bond motifs is 6. The van der Waals surface area contributed by atoms with Crippen molar-refractivity contribution in [2.75, 3.05) is 4.90 Å². The van der Waals surface area contributed by atoms with Crippen molar-refractivity contribution in [2.24, 2.45) is 0 Å². The molecule has 0 N–H and O–H groups in total. The molecule has 2 nitrogen and oxygen atoms in total. The minimum Gasteiger partial charge on any atom is -0.310 e. The summed E-state index contributed by atoms with van der Waals surface area (Å²) in [5, 5.41) is 7.47. The van der Waals surface area contributed by atoms with Gasteiger partial charge in [-0.05, 0) is 98.6 Å². The zero-order chi connectivity index (χ0) is 38.4. The number of benzene rings is 10. The fourth-order valence-corrected chi connectivity index (χ4v) is 8.86. The molecule has 58 heavy (non-hydrogen) atoms. The van der Waals surface area contributed by atoms with Crippen LogP contribution in [0.25, 0.3) is 82.4 Å². The van der Waals surface area contributed by atoms with Crippen LogP contribution in [0, 0.1) is 0 Å². The third kappa shape index (κ3) is 5.74. The zero-order valence-electron chi connectivity index (χ0n) is 31.8. The van der Waals surface area contributed by atoms with Gasteiger partial charge in [-0.3, -0.25) is 0 Å². The van der Waals surface area contributed by atoms with Crippen LogP contribution in [0.15, 0.2) is 231 Å². The standard InChI is InChI=1S/C56H38N2/c1-3-16-41(17-4-1)49-24-11-12-27-53(49)57(47-34-31-40(32-35-47)44-30-29-39-15-7-8-19-43(39)37-44)48-23-13-20-45(38-48)50-26-14-28-54-55(50)52-36-33-42-18-9-10-25-51(42)56(52)58(54)46-21-5-2-6-22-46/h1-38H. The molecule has 1 heterocycles. The number of hydrogen-bond donors (Lipinski definition) is 0. The van der Waals surface area contributed by atoms with Gasteiger partial charge in [0, 0.05) is 38.8 Å². The highest BCUT2D eigenvalue weighted by Crippen LogP contribution is 2.45. The molecule has 0 spiro atoms. The summed E-state index contributed by atoms with van der Waals surface area (Å²) in [5.41, 5.74) is 14.0. The molecule has 0 unspecified atom stereocenters. The van der Waals surface area contributed by atoms with Crippen LogP contribution in [0.5, 0.6) is 0 Å². The average molecular weight is 739 g/mol. The Hall–Kier alpha value is -7.68. The molecule has 0 aliphatic rings. The molecule has 0 aliphatic carbocycles. The fraction of sp³-hybridized carbons (Fsp3) is 0. The average Bonchev–Trinajstić information content (AvgIpc) is 3.65. The Morgan fingerprint density at radius 2 is 0.966 bits per heavy atom. The van der Waals surface area contributed by atoms with Crippen LogP contribution in [-0.2, 0) is 0 Å². The van der Waals surface area contributed by atoms with E-state index in [2.05, 4.69) is 240 Å². The molecule has 0 fully saturated rings. The van der Waals surface area contributed by atoms with Gasteiger partial charge in [0.15, 0.2) is 0 Å². The van der Waals surface area contributed by atoms with Crippen molar-refractivity contribution in [3.05, 3.63) is 231 Å². The molecule has 0 amide bonds. The molecular weight excluding hydrogens is 701 g/mol. The molecule has 0 bridgehead atoms. The summed E-state index contributed by atoms with van der Waals surface area (Å²) in [5.74, 6) is 0. The highest BCUT2D eigenvalue weighted by atomic mass is 15.1. The molecule has 11 aromatic rings. The van der Waals surface area contributed by atoms with E-state index in [-0.39, 0.29) is 0 Å². The molecule has 272 valence electrons. The number of rotatable bonds is 7. The van der Waals surface area contributed by atoms with E-state index < -0.39 is 0 Å². The lowest BCUT2D eigenvalue weighted by Gasteiger charge is -2.28. The summed E-state index contributed by atoms with van der Waals surface area (Å²) in [6, 6.07) is 83.7. The van der Waals surface area contributed by atoms with E-state index >= 15 is 0 Å². The van der Waals surface area contributed by atoms with Gasteiger partial charge < -0.3 is 9.47 Å². The van der Waals surface area contributed by atoms with E-state index in [0.29, 0.717) is 0 Å². The second kappa shape index (κ2) is 14.1. The molecule has 1 aromatic heterocycles. The van der Waals surface area contributed by atoms with Gasteiger partial charge in [-0.1, -0.05) is 176 Å². The Labute approximate surface area is 338 Å². The molecule has 0 atom stereocenters. The van der Waals surface area contributed by atoms with Crippen LogP contribution in [0.1, 0.15) is 0 Å². The lowest BCUT2D eigenvalue weighted by molar-refractivity contribution is 1.19. The Bertz CT molecular complexity index is 3270. The second-order valence-electron chi connectivity index (χ2n) is 14.9. The smallest absolute Gasteiger partial charge is 0.0619 e. The predicted molar refractivity (Wildman–Crippen MR) is 247 cm³/mol. The van der Waals surface area contributed by atoms with Gasteiger partial charge in [0.1, 0.15) is 0 Å². The largest absolute Gasteiger partial charge is 0.310 e. The first-order chi connectivity index (χ1) is 28.8. The summed E-state index contributed by atoms with van der Waals surface area (Å²) in [7, 11) is 0. The normalized spacial score (nSPS) is 11.4. The maximum atomic E-state index is 2.44. The molecular formula is C56H38N2. The Kier molecular flexibility index (Phi) is 8.19. The predicted octanol–water partition coefficient (Wildman–Crippen LogP) is 15.6. The zero-order valence-corrected chi connectivity index (χ0v) is 31.8. The van der Waals surface area contributed by atoms with Gasteiger partial charge in [0.25, 0.3) is 0 Å². The lowest BCUT2D eigenvalue weighted by atomic mass is 9.97. The van der Waals surface area contributed by atoms with Crippen molar-refractivity contribution in [1.29, 1.82) is 0 Å². The summed E-state index contributed by atoms with van der Waals surface area (Å²) in [4.78, 5) is 2.41. The van der Waals surface area contributed by atoms with Crippen LogP contribution in [-0.4, -0.2) is 4.57 Å². The molecule has 2 heteroatoms. The number of anilines is 3. The lowest BCUT2D eigenvalue weighted by Crippen LogP contribution is -2.11. The van der Waals surface area contributed by atoms with Crippen molar-refractivity contribution in [3.8, 4) is 39.1 Å². The van der Waals surface area contributed by atoms with E-state index in [0.717, 1.165) is 22.7 Å². The summed E-state index contributed by atoms with van der Waals surface area (Å²) >= 11 is 0. The summed E-state index contributed by atoms with van der Waals surface area (Å²) in [6.07, 6.45) is 0. The third-order valence-electron chi connectivity index (χ3n) is 11.5. The van der Waals surface area contributed by atoms with Crippen molar-refractivity contribution >= 4 is 60.4 Å². The first-order valence-corrected chi connectivity index (χ1v) is 19.9. The fourth-order valence-electron chi connectivity index (χ4n) is 8.86. The van der Waals surface area contributed by atoms with E-state index in [1.54, 1.807) is 0 Å². The van der Waals surface area contributed by atoms with Crippen LogP contribution in [0.3, 0.4) is 0 Å². The molecule has 0 saturated heterocycles. The summed E-state index contributed by atoms with van der Waals surface area (Å²) in [6.45, 7) is 0. The van der Waals surface area contributed by atoms with Crippen LogP contribution in [0.2, 0.25) is 0 Å². The highest BCUT2D eigenvalue weighted by molar-refractivity contribution is 6.22. The Morgan fingerprint density at radius 3 is 1.81 bits per heavy atom. The van der Waals surface area contributed by atoms with E-state index in [4.69, 9.17) is 0 Å². The monoisotopic (exact) mass is 738 g/mol. The van der Waals surface area contributed by atoms with Gasteiger partial charge in [0.05, 0.1) is 16.7 Å². The van der Waals surface area contributed by atoms with Gasteiger partial charge in [-0.2, -0.15) is 0 Å². The maximum Gasteiger partial charge on any atom is 0.0619 e. The number of nitrogens with zero attached hydrogens (tertiary/aromatic N) is 2. The maximum absolute atomic E-state index is 2.44. The summed E-state index contributed by atoms with van der Waals surface area (Å²) < 4.78 is 2.44. The minimum absolute atomic E-state index is 1.09. The van der Waals surface area contributed by atoms with Gasteiger partial charge in [0.2, 0.25) is 0 Å². The third-order valence-corrected chi connectivity index (χ3v) is 11.5. The molecule has 10 aromatic carbocycles. The molecule has 0 radical (unpaired) electrons. The van der Waals surface area contributed by atoms with Crippen molar-refractivity contribution in [2.45, 2.75) is 0 Å². The molecule has 11 rings (SSSR count). The van der Waals surface area contributed by atoms with E-state index in [1.165, 1.54) is 76.7 Å². The van der Waals surface area contributed by atoms with E-state index in [9.17, 15) is 0 Å². The first kappa shape index (κ1) is 33.6. The topological polar surface area (TPSA) is 8.17 Å². The SMILES string of the molecule is c1ccc(-c2ccccc2N(c2ccc(-c3ccc4ccccc4c3)cc2)c2cccc(-c3cccc4c3c3ccc5ccccc5c3n4-c3ccccc3)c2)cc1. The number of hydrogen-bond acceptors (Lipinski definition) is 1. The second-order valence-corrected chi connectivity index (χ2v) is 14.9. The Morgan fingerprint density at radius 1 is 0.328 bits per heavy atom. The van der Waals surface area contributed by atoms with Crippen molar-refractivity contribution in [1.82, 2.24) is 4.57 Å². The van der Waals surface area contributed by atoms with Gasteiger partial charge in [-0.15, -0.1) is 0 Å².